The van der Waals surface area contributed by atoms with Gasteiger partial charge in [-0.3, -0.25) is 0 Å². The monoisotopic (exact) mass is 202 g/mol. The van der Waals surface area contributed by atoms with Crippen molar-refractivity contribution in [1.29, 1.82) is 0 Å². The van der Waals surface area contributed by atoms with Crippen molar-refractivity contribution in [2.75, 3.05) is 0 Å². The van der Waals surface area contributed by atoms with Crippen LogP contribution in [-0.2, 0) is 6.42 Å². The smallest absolute Gasteiger partial charge is 0.0239 e. The van der Waals surface area contributed by atoms with Gasteiger partial charge in [0, 0.05) is 0 Å². The highest BCUT2D eigenvalue weighted by atomic mass is 14.1. The third-order valence-electron chi connectivity index (χ3n) is 3.20. The Morgan fingerprint density at radius 3 is 2.47 bits per heavy atom. The minimum Gasteiger partial charge on any atom is -0.0887 e. The largest absolute Gasteiger partial charge is 0.0887 e. The van der Waals surface area contributed by atoms with Gasteiger partial charge in [-0.15, -0.1) is 0 Å². The summed E-state index contributed by atoms with van der Waals surface area (Å²) in [6.07, 6.45) is 4.56. The van der Waals surface area contributed by atoms with Gasteiger partial charge in [0.15, 0.2) is 0 Å². The molecule has 0 saturated heterocycles. The standard InChI is InChI=1S/C15H22/c1-6-11(2)7-8-15-10-12(3)9-13(4)14(15)5/h6,9-10H,7-8H2,1-5H3. The summed E-state index contributed by atoms with van der Waals surface area (Å²) < 4.78 is 0. The molecule has 0 saturated carbocycles. The molecule has 0 atom stereocenters. The molecule has 1 aromatic rings. The van der Waals surface area contributed by atoms with E-state index in [0.717, 1.165) is 0 Å². The van der Waals surface area contributed by atoms with Gasteiger partial charge >= 0.3 is 0 Å². The highest BCUT2D eigenvalue weighted by Gasteiger charge is 2.02. The van der Waals surface area contributed by atoms with E-state index in [-0.39, 0.29) is 0 Å². The van der Waals surface area contributed by atoms with Crippen molar-refractivity contribution in [1.82, 2.24) is 0 Å². The van der Waals surface area contributed by atoms with Gasteiger partial charge in [-0.1, -0.05) is 29.3 Å². The number of hydrogen-bond donors (Lipinski definition) is 0. The Balaban J connectivity index is 2.85. The van der Waals surface area contributed by atoms with Crippen molar-refractivity contribution in [2.45, 2.75) is 47.5 Å². The lowest BCUT2D eigenvalue weighted by Crippen LogP contribution is -1.95. The zero-order chi connectivity index (χ0) is 11.4. The van der Waals surface area contributed by atoms with Gasteiger partial charge in [0.25, 0.3) is 0 Å². The van der Waals surface area contributed by atoms with Crippen LogP contribution in [0.25, 0.3) is 0 Å². The molecule has 82 valence electrons. The van der Waals surface area contributed by atoms with Crippen molar-refractivity contribution < 1.29 is 0 Å². The molecule has 1 rings (SSSR count). The van der Waals surface area contributed by atoms with E-state index in [1.807, 2.05) is 0 Å². The summed E-state index contributed by atoms with van der Waals surface area (Å²) in [6.45, 7) is 10.9. The van der Waals surface area contributed by atoms with E-state index in [2.05, 4.69) is 52.8 Å². The fourth-order valence-corrected chi connectivity index (χ4v) is 1.86. The molecule has 0 unspecified atom stereocenters. The van der Waals surface area contributed by atoms with Gasteiger partial charge in [-0.25, -0.2) is 0 Å². The van der Waals surface area contributed by atoms with E-state index in [9.17, 15) is 0 Å². The summed E-state index contributed by atoms with van der Waals surface area (Å²) in [5.41, 5.74) is 7.25. The zero-order valence-electron chi connectivity index (χ0n) is 10.6. The second-order valence-electron chi connectivity index (χ2n) is 4.50. The molecule has 15 heavy (non-hydrogen) atoms. The molecule has 0 heterocycles. The van der Waals surface area contributed by atoms with Crippen LogP contribution in [0.15, 0.2) is 23.8 Å². The molecule has 0 spiro atoms. The average Bonchev–Trinajstić information content (AvgIpc) is 2.20. The Morgan fingerprint density at radius 2 is 1.87 bits per heavy atom. The van der Waals surface area contributed by atoms with Crippen molar-refractivity contribution in [2.24, 2.45) is 0 Å². The van der Waals surface area contributed by atoms with Gasteiger partial charge in [-0.05, 0) is 64.2 Å². The lowest BCUT2D eigenvalue weighted by atomic mass is 9.95. The molecular formula is C15H22. The number of rotatable bonds is 3. The summed E-state index contributed by atoms with van der Waals surface area (Å²) in [4.78, 5) is 0. The number of hydrogen-bond acceptors (Lipinski definition) is 0. The molecule has 0 aromatic heterocycles. The van der Waals surface area contributed by atoms with Gasteiger partial charge in [-0.2, -0.15) is 0 Å². The van der Waals surface area contributed by atoms with Crippen molar-refractivity contribution in [3.8, 4) is 0 Å². The maximum absolute atomic E-state index is 2.32. The minimum absolute atomic E-state index is 1.17. The first-order valence-electron chi connectivity index (χ1n) is 5.73. The molecule has 1 aromatic carbocycles. The molecule has 0 heteroatoms. The SMILES string of the molecule is CC=C(C)CCc1cc(C)cc(C)c1C. The Bertz CT molecular complexity index is 370. The normalized spacial score (nSPS) is 11.9. The first kappa shape index (κ1) is 12.0. The van der Waals surface area contributed by atoms with Gasteiger partial charge < -0.3 is 0 Å². The van der Waals surface area contributed by atoms with Crippen LogP contribution in [0, 0.1) is 20.8 Å². The predicted molar refractivity (Wildman–Crippen MR) is 68.4 cm³/mol. The Hall–Kier alpha value is -1.04. The number of allylic oxidation sites excluding steroid dienone is 2. The topological polar surface area (TPSA) is 0 Å². The third kappa shape index (κ3) is 3.23. The van der Waals surface area contributed by atoms with E-state index >= 15 is 0 Å². The summed E-state index contributed by atoms with van der Waals surface area (Å²) in [5, 5.41) is 0. The van der Waals surface area contributed by atoms with Crippen LogP contribution in [0.4, 0.5) is 0 Å². The molecule has 0 aliphatic carbocycles. The highest BCUT2D eigenvalue weighted by Crippen LogP contribution is 2.18. The van der Waals surface area contributed by atoms with E-state index in [4.69, 9.17) is 0 Å². The fourth-order valence-electron chi connectivity index (χ4n) is 1.86. The number of benzene rings is 1. The number of aryl methyl sites for hydroxylation is 3. The first-order valence-corrected chi connectivity index (χ1v) is 5.73. The molecule has 0 N–H and O–H groups in total. The molecule has 0 amide bonds. The third-order valence-corrected chi connectivity index (χ3v) is 3.20. The summed E-state index contributed by atoms with van der Waals surface area (Å²) in [6, 6.07) is 4.59. The van der Waals surface area contributed by atoms with Crippen LogP contribution in [0.3, 0.4) is 0 Å². The Morgan fingerprint density at radius 1 is 1.20 bits per heavy atom. The lowest BCUT2D eigenvalue weighted by molar-refractivity contribution is 0.923. The van der Waals surface area contributed by atoms with Crippen molar-refractivity contribution >= 4 is 0 Å². The molecule has 0 nitrogen and oxygen atoms in total. The molecule has 0 fully saturated rings. The van der Waals surface area contributed by atoms with E-state index in [1.165, 1.54) is 40.7 Å². The predicted octanol–water partition coefficient (Wildman–Crippen LogP) is 4.51. The van der Waals surface area contributed by atoms with Crippen LogP contribution in [0.2, 0.25) is 0 Å². The Labute approximate surface area is 94.0 Å². The zero-order valence-corrected chi connectivity index (χ0v) is 10.6. The molecule has 0 aliphatic heterocycles. The van der Waals surface area contributed by atoms with Crippen LogP contribution in [0.5, 0.6) is 0 Å². The fraction of sp³-hybridized carbons (Fsp3) is 0.467. The van der Waals surface area contributed by atoms with Crippen LogP contribution < -0.4 is 0 Å². The molecule has 0 radical (unpaired) electrons. The van der Waals surface area contributed by atoms with Crippen LogP contribution in [-0.4, -0.2) is 0 Å². The molecular weight excluding hydrogens is 180 g/mol. The second kappa shape index (κ2) is 5.16. The first-order chi connectivity index (χ1) is 7.04. The maximum atomic E-state index is 2.32. The molecule has 0 aliphatic rings. The second-order valence-corrected chi connectivity index (χ2v) is 4.50. The van der Waals surface area contributed by atoms with E-state index in [0.29, 0.717) is 0 Å². The summed E-state index contributed by atoms with van der Waals surface area (Å²) in [7, 11) is 0. The lowest BCUT2D eigenvalue weighted by Gasteiger charge is -2.10. The summed E-state index contributed by atoms with van der Waals surface area (Å²) >= 11 is 0. The maximum Gasteiger partial charge on any atom is -0.0239 e. The average molecular weight is 202 g/mol. The van der Waals surface area contributed by atoms with E-state index < -0.39 is 0 Å². The van der Waals surface area contributed by atoms with Crippen LogP contribution in [0.1, 0.15) is 42.5 Å². The van der Waals surface area contributed by atoms with Gasteiger partial charge in [0.1, 0.15) is 0 Å². The van der Waals surface area contributed by atoms with Crippen molar-refractivity contribution in [3.63, 3.8) is 0 Å². The van der Waals surface area contributed by atoms with Gasteiger partial charge in [0.2, 0.25) is 0 Å². The Kier molecular flexibility index (Phi) is 4.14. The summed E-state index contributed by atoms with van der Waals surface area (Å²) in [5.74, 6) is 0. The quantitative estimate of drug-likeness (QED) is 0.633. The molecule has 0 bridgehead atoms. The minimum atomic E-state index is 1.17. The van der Waals surface area contributed by atoms with Gasteiger partial charge in [0.05, 0.1) is 0 Å². The highest BCUT2D eigenvalue weighted by molar-refractivity contribution is 5.37. The van der Waals surface area contributed by atoms with E-state index in [1.54, 1.807) is 0 Å². The van der Waals surface area contributed by atoms with Crippen LogP contribution >= 0.6 is 0 Å². The van der Waals surface area contributed by atoms with Crippen molar-refractivity contribution in [3.05, 3.63) is 46.0 Å².